The number of hydrogen-bond acceptors (Lipinski definition) is 3. The molecular formula is C15H14FNO2S. The summed E-state index contributed by atoms with van der Waals surface area (Å²) in [6.07, 6.45) is 1.42. The summed E-state index contributed by atoms with van der Waals surface area (Å²) in [5, 5.41) is 9.10. The fraction of sp³-hybridized carbons (Fsp3) is 0.200. The minimum Gasteiger partial charge on any atom is -0.478 e. The highest BCUT2D eigenvalue weighted by Gasteiger charge is 2.13. The molecule has 0 aliphatic rings. The van der Waals surface area contributed by atoms with E-state index in [4.69, 9.17) is 5.11 Å². The lowest BCUT2D eigenvalue weighted by atomic mass is 10.1. The summed E-state index contributed by atoms with van der Waals surface area (Å²) in [5.74, 6) is -0.828. The first kappa shape index (κ1) is 14.5. The van der Waals surface area contributed by atoms with Crippen LogP contribution in [0.25, 0.3) is 0 Å². The van der Waals surface area contributed by atoms with E-state index in [0.29, 0.717) is 12.1 Å². The minimum atomic E-state index is -1.16. The number of carboxylic acids is 1. The van der Waals surface area contributed by atoms with E-state index in [1.807, 2.05) is 24.3 Å². The molecule has 0 bridgehead atoms. The third-order valence-corrected chi connectivity index (χ3v) is 3.62. The van der Waals surface area contributed by atoms with Crippen LogP contribution in [0.3, 0.4) is 0 Å². The SMILES string of the molecule is CCSc1cccc(Cc2ncc(F)cc2C(=O)O)c1. The van der Waals surface area contributed by atoms with Crippen molar-refractivity contribution in [2.45, 2.75) is 18.2 Å². The summed E-state index contributed by atoms with van der Waals surface area (Å²) in [4.78, 5) is 16.2. The fourth-order valence-electron chi connectivity index (χ4n) is 1.90. The van der Waals surface area contributed by atoms with Gasteiger partial charge in [-0.2, -0.15) is 0 Å². The number of thioether (sulfide) groups is 1. The lowest BCUT2D eigenvalue weighted by Gasteiger charge is -2.07. The molecule has 1 aromatic carbocycles. The molecule has 0 saturated heterocycles. The van der Waals surface area contributed by atoms with Gasteiger partial charge in [0.25, 0.3) is 0 Å². The first-order chi connectivity index (χ1) is 9.60. The molecule has 0 fully saturated rings. The van der Waals surface area contributed by atoms with Crippen molar-refractivity contribution in [3.63, 3.8) is 0 Å². The average Bonchev–Trinajstić information content (AvgIpc) is 2.41. The lowest BCUT2D eigenvalue weighted by molar-refractivity contribution is 0.0694. The molecular weight excluding hydrogens is 277 g/mol. The molecule has 5 heteroatoms. The smallest absolute Gasteiger partial charge is 0.337 e. The molecule has 0 radical (unpaired) electrons. The minimum absolute atomic E-state index is 0.0847. The number of aromatic carboxylic acids is 1. The third-order valence-electron chi connectivity index (χ3n) is 2.75. The number of nitrogens with zero attached hydrogens (tertiary/aromatic N) is 1. The second-order valence-electron chi connectivity index (χ2n) is 4.21. The molecule has 0 unspecified atom stereocenters. The van der Waals surface area contributed by atoms with Crippen LogP contribution >= 0.6 is 11.8 Å². The molecule has 1 N–H and O–H groups in total. The number of pyridine rings is 1. The molecule has 2 rings (SSSR count). The van der Waals surface area contributed by atoms with Gasteiger partial charge in [0.2, 0.25) is 0 Å². The maximum absolute atomic E-state index is 13.1. The molecule has 104 valence electrons. The molecule has 2 aromatic rings. The molecule has 0 aliphatic carbocycles. The fourth-order valence-corrected chi connectivity index (χ4v) is 2.64. The van der Waals surface area contributed by atoms with Crippen LogP contribution in [-0.4, -0.2) is 21.8 Å². The van der Waals surface area contributed by atoms with Crippen molar-refractivity contribution < 1.29 is 14.3 Å². The van der Waals surface area contributed by atoms with Crippen LogP contribution in [0.2, 0.25) is 0 Å². The maximum Gasteiger partial charge on any atom is 0.337 e. The number of benzene rings is 1. The van der Waals surface area contributed by atoms with Crippen LogP contribution < -0.4 is 0 Å². The summed E-state index contributed by atoms with van der Waals surface area (Å²) < 4.78 is 13.1. The van der Waals surface area contributed by atoms with Gasteiger partial charge in [-0.25, -0.2) is 9.18 Å². The molecule has 3 nitrogen and oxygen atoms in total. The van der Waals surface area contributed by atoms with Crippen LogP contribution in [0.4, 0.5) is 4.39 Å². The van der Waals surface area contributed by atoms with Crippen molar-refractivity contribution >= 4 is 17.7 Å². The van der Waals surface area contributed by atoms with E-state index in [2.05, 4.69) is 11.9 Å². The highest BCUT2D eigenvalue weighted by molar-refractivity contribution is 7.99. The summed E-state index contributed by atoms with van der Waals surface area (Å²) in [6.45, 7) is 2.07. The predicted octanol–water partition coefficient (Wildman–Crippen LogP) is 3.62. The second-order valence-corrected chi connectivity index (χ2v) is 5.55. The lowest BCUT2D eigenvalue weighted by Crippen LogP contribution is -2.06. The van der Waals surface area contributed by atoms with Gasteiger partial charge in [0.15, 0.2) is 0 Å². The van der Waals surface area contributed by atoms with Gasteiger partial charge in [-0.3, -0.25) is 4.98 Å². The van der Waals surface area contributed by atoms with Crippen molar-refractivity contribution in [2.75, 3.05) is 5.75 Å². The Labute approximate surface area is 120 Å². The van der Waals surface area contributed by atoms with Gasteiger partial charge in [-0.15, -0.1) is 11.8 Å². The predicted molar refractivity (Wildman–Crippen MR) is 76.8 cm³/mol. The van der Waals surface area contributed by atoms with E-state index >= 15 is 0 Å². The van der Waals surface area contributed by atoms with Gasteiger partial charge >= 0.3 is 5.97 Å². The second kappa shape index (κ2) is 6.52. The molecule has 20 heavy (non-hydrogen) atoms. The van der Waals surface area contributed by atoms with Crippen LogP contribution in [0.15, 0.2) is 41.4 Å². The van der Waals surface area contributed by atoms with Crippen molar-refractivity contribution in [3.05, 3.63) is 59.2 Å². The van der Waals surface area contributed by atoms with Crippen LogP contribution in [-0.2, 0) is 6.42 Å². The van der Waals surface area contributed by atoms with Crippen molar-refractivity contribution in [1.29, 1.82) is 0 Å². The summed E-state index contributed by atoms with van der Waals surface area (Å²) in [5.41, 5.74) is 1.25. The summed E-state index contributed by atoms with van der Waals surface area (Å²) in [7, 11) is 0. The standard InChI is InChI=1S/C15H14FNO2S/c1-2-20-12-5-3-4-10(6-12)7-14-13(15(18)19)8-11(16)9-17-14/h3-6,8-9H,2,7H2,1H3,(H,18,19). The van der Waals surface area contributed by atoms with Crippen molar-refractivity contribution in [1.82, 2.24) is 4.98 Å². The molecule has 0 atom stereocenters. The number of aromatic nitrogens is 1. The Kier molecular flexibility index (Phi) is 4.74. The first-order valence-electron chi connectivity index (χ1n) is 6.19. The molecule has 0 saturated carbocycles. The number of halogens is 1. The molecule has 0 aliphatic heterocycles. The van der Waals surface area contributed by atoms with E-state index in [9.17, 15) is 9.18 Å². The summed E-state index contributed by atoms with van der Waals surface area (Å²) >= 11 is 1.72. The van der Waals surface area contributed by atoms with Gasteiger partial charge in [0, 0.05) is 11.3 Å². The van der Waals surface area contributed by atoms with E-state index in [1.165, 1.54) is 0 Å². The van der Waals surface area contributed by atoms with Gasteiger partial charge < -0.3 is 5.11 Å². The Balaban J connectivity index is 2.30. The topological polar surface area (TPSA) is 50.2 Å². The zero-order valence-electron chi connectivity index (χ0n) is 11.0. The zero-order chi connectivity index (χ0) is 14.5. The Morgan fingerprint density at radius 1 is 1.40 bits per heavy atom. The van der Waals surface area contributed by atoms with Gasteiger partial charge in [0.1, 0.15) is 5.82 Å². The third kappa shape index (κ3) is 3.57. The Bertz CT molecular complexity index is 631. The monoisotopic (exact) mass is 291 g/mol. The van der Waals surface area contributed by atoms with Crippen molar-refractivity contribution in [3.8, 4) is 0 Å². The maximum atomic E-state index is 13.1. The average molecular weight is 291 g/mol. The van der Waals surface area contributed by atoms with Crippen LogP contribution in [0, 0.1) is 5.82 Å². The zero-order valence-corrected chi connectivity index (χ0v) is 11.8. The normalized spacial score (nSPS) is 10.5. The van der Waals surface area contributed by atoms with Gasteiger partial charge in [0.05, 0.1) is 17.5 Å². The Morgan fingerprint density at radius 3 is 2.90 bits per heavy atom. The molecule has 0 amide bonds. The molecule has 0 spiro atoms. The number of rotatable bonds is 5. The largest absolute Gasteiger partial charge is 0.478 e. The van der Waals surface area contributed by atoms with E-state index in [-0.39, 0.29) is 5.56 Å². The Hall–Kier alpha value is -1.88. The van der Waals surface area contributed by atoms with Crippen LogP contribution in [0.5, 0.6) is 0 Å². The molecule has 1 aromatic heterocycles. The van der Waals surface area contributed by atoms with Gasteiger partial charge in [-0.1, -0.05) is 19.1 Å². The highest BCUT2D eigenvalue weighted by Crippen LogP contribution is 2.21. The summed E-state index contributed by atoms with van der Waals surface area (Å²) in [6, 6.07) is 8.86. The van der Waals surface area contributed by atoms with E-state index in [0.717, 1.165) is 28.5 Å². The van der Waals surface area contributed by atoms with Crippen LogP contribution in [0.1, 0.15) is 28.5 Å². The van der Waals surface area contributed by atoms with E-state index in [1.54, 1.807) is 11.8 Å². The van der Waals surface area contributed by atoms with Gasteiger partial charge in [-0.05, 0) is 29.5 Å². The number of hydrogen-bond donors (Lipinski definition) is 1. The number of carbonyl (C=O) groups is 1. The molecule has 1 heterocycles. The highest BCUT2D eigenvalue weighted by atomic mass is 32.2. The van der Waals surface area contributed by atoms with E-state index < -0.39 is 11.8 Å². The quantitative estimate of drug-likeness (QED) is 0.855. The van der Waals surface area contributed by atoms with Crippen molar-refractivity contribution in [2.24, 2.45) is 0 Å². The number of carboxylic acid groups (broad SMARTS) is 1. The Morgan fingerprint density at radius 2 is 2.20 bits per heavy atom. The first-order valence-corrected chi connectivity index (χ1v) is 7.18.